The number of nitrogens with zero attached hydrogens (tertiary/aromatic N) is 4. The van der Waals surface area contributed by atoms with Crippen molar-refractivity contribution in [2.45, 2.75) is 0 Å². The summed E-state index contributed by atoms with van der Waals surface area (Å²) < 4.78 is 5.35. The first kappa shape index (κ1) is 14.6. The van der Waals surface area contributed by atoms with Crippen molar-refractivity contribution in [3.8, 4) is 6.07 Å². The molecule has 2 heterocycles. The molecule has 0 radical (unpaired) electrons. The second-order valence-electron chi connectivity index (χ2n) is 4.77. The maximum atomic E-state index is 9.12. The summed E-state index contributed by atoms with van der Waals surface area (Å²) >= 11 is 5.89. The van der Waals surface area contributed by atoms with Gasteiger partial charge < -0.3 is 15.0 Å². The van der Waals surface area contributed by atoms with Crippen molar-refractivity contribution in [2.24, 2.45) is 0 Å². The fraction of sp³-hybridized carbons (Fsp3) is 0.267. The lowest BCUT2D eigenvalue weighted by Gasteiger charge is -2.28. The van der Waals surface area contributed by atoms with Gasteiger partial charge in [-0.15, -0.1) is 0 Å². The van der Waals surface area contributed by atoms with Crippen LogP contribution in [0.2, 0.25) is 5.15 Å². The normalized spacial score (nSPS) is 14.5. The van der Waals surface area contributed by atoms with E-state index in [1.807, 2.05) is 30.3 Å². The highest BCUT2D eigenvalue weighted by molar-refractivity contribution is 6.30. The number of anilines is 3. The van der Waals surface area contributed by atoms with Crippen LogP contribution in [0.1, 0.15) is 5.56 Å². The van der Waals surface area contributed by atoms with E-state index in [0.29, 0.717) is 5.82 Å². The van der Waals surface area contributed by atoms with Crippen molar-refractivity contribution in [1.29, 1.82) is 5.26 Å². The van der Waals surface area contributed by atoms with Crippen LogP contribution in [0.3, 0.4) is 0 Å². The third-order valence-corrected chi connectivity index (χ3v) is 3.71. The Kier molecular flexibility index (Phi) is 4.37. The molecule has 1 aliphatic rings. The monoisotopic (exact) mass is 315 g/mol. The van der Waals surface area contributed by atoms with E-state index in [0.717, 1.165) is 37.7 Å². The van der Waals surface area contributed by atoms with Crippen LogP contribution in [0.25, 0.3) is 0 Å². The molecule has 0 bridgehead atoms. The van der Waals surface area contributed by atoms with E-state index in [9.17, 15) is 0 Å². The van der Waals surface area contributed by atoms with Crippen molar-refractivity contribution in [1.82, 2.24) is 9.97 Å². The van der Waals surface area contributed by atoms with Crippen LogP contribution in [-0.4, -0.2) is 36.3 Å². The minimum Gasteiger partial charge on any atom is -0.378 e. The van der Waals surface area contributed by atoms with E-state index in [-0.39, 0.29) is 10.7 Å². The number of aromatic nitrogens is 2. The van der Waals surface area contributed by atoms with Crippen LogP contribution in [0.15, 0.2) is 30.6 Å². The number of hydrogen-bond donors (Lipinski definition) is 1. The van der Waals surface area contributed by atoms with Crippen LogP contribution in [0.4, 0.5) is 17.2 Å². The molecule has 3 rings (SSSR count). The van der Waals surface area contributed by atoms with E-state index < -0.39 is 0 Å². The molecular formula is C15H14ClN5O. The van der Waals surface area contributed by atoms with E-state index in [4.69, 9.17) is 21.6 Å². The Morgan fingerprint density at radius 1 is 1.18 bits per heavy atom. The van der Waals surface area contributed by atoms with Crippen LogP contribution in [0.5, 0.6) is 0 Å². The molecule has 1 aliphatic heterocycles. The van der Waals surface area contributed by atoms with E-state index in [2.05, 4.69) is 20.2 Å². The Labute approximate surface area is 133 Å². The molecular weight excluding hydrogens is 302 g/mol. The molecule has 0 unspecified atom stereocenters. The summed E-state index contributed by atoms with van der Waals surface area (Å²) in [4.78, 5) is 10.1. The predicted molar refractivity (Wildman–Crippen MR) is 84.5 cm³/mol. The Morgan fingerprint density at radius 3 is 2.59 bits per heavy atom. The molecule has 0 aliphatic carbocycles. The SMILES string of the molecule is N#Cc1c(Cl)ncnc1Nc1ccc(N2CCOCC2)cc1. The van der Waals surface area contributed by atoms with Crippen LogP contribution >= 0.6 is 11.6 Å². The number of nitriles is 1. The van der Waals surface area contributed by atoms with Gasteiger partial charge in [0, 0.05) is 24.5 Å². The van der Waals surface area contributed by atoms with E-state index >= 15 is 0 Å². The number of hydrogen-bond acceptors (Lipinski definition) is 6. The molecule has 1 aromatic heterocycles. The number of morpholine rings is 1. The minimum atomic E-state index is 0.143. The van der Waals surface area contributed by atoms with Crippen molar-refractivity contribution in [3.63, 3.8) is 0 Å². The zero-order valence-corrected chi connectivity index (χ0v) is 12.5. The summed E-state index contributed by atoms with van der Waals surface area (Å²) in [7, 11) is 0. The lowest BCUT2D eigenvalue weighted by atomic mass is 10.2. The fourth-order valence-corrected chi connectivity index (χ4v) is 2.45. The Hall–Kier alpha value is -2.36. The van der Waals surface area contributed by atoms with Crippen LogP contribution in [0, 0.1) is 11.3 Å². The van der Waals surface area contributed by atoms with Gasteiger partial charge >= 0.3 is 0 Å². The minimum absolute atomic E-state index is 0.143. The number of ether oxygens (including phenoxy) is 1. The first-order valence-electron chi connectivity index (χ1n) is 6.88. The Bertz CT molecular complexity index is 692. The summed E-state index contributed by atoms with van der Waals surface area (Å²) in [5.41, 5.74) is 2.22. The van der Waals surface area contributed by atoms with Gasteiger partial charge in [-0.25, -0.2) is 9.97 Å². The quantitative estimate of drug-likeness (QED) is 0.878. The number of nitrogens with one attached hydrogen (secondary N) is 1. The third kappa shape index (κ3) is 3.11. The summed E-state index contributed by atoms with van der Waals surface area (Å²) in [6, 6.07) is 9.96. The molecule has 0 spiro atoms. The summed E-state index contributed by atoms with van der Waals surface area (Å²) in [5.74, 6) is 0.404. The van der Waals surface area contributed by atoms with Crippen LogP contribution in [-0.2, 0) is 4.74 Å². The molecule has 1 N–H and O–H groups in total. The predicted octanol–water partition coefficient (Wildman–Crippen LogP) is 2.58. The lowest BCUT2D eigenvalue weighted by Crippen LogP contribution is -2.36. The number of rotatable bonds is 3. The van der Waals surface area contributed by atoms with Gasteiger partial charge in [-0.05, 0) is 24.3 Å². The maximum absolute atomic E-state index is 9.12. The van der Waals surface area contributed by atoms with Gasteiger partial charge in [0.15, 0.2) is 11.0 Å². The highest BCUT2D eigenvalue weighted by Crippen LogP contribution is 2.24. The highest BCUT2D eigenvalue weighted by Gasteiger charge is 2.12. The average Bonchev–Trinajstić information content (AvgIpc) is 2.57. The summed E-state index contributed by atoms with van der Waals surface area (Å²) in [5, 5.41) is 12.4. The first-order chi connectivity index (χ1) is 10.8. The second-order valence-corrected chi connectivity index (χ2v) is 5.13. The zero-order valence-electron chi connectivity index (χ0n) is 11.8. The van der Waals surface area contributed by atoms with Gasteiger partial charge in [-0.1, -0.05) is 11.6 Å². The topological polar surface area (TPSA) is 74.1 Å². The van der Waals surface area contributed by atoms with Gasteiger partial charge in [-0.3, -0.25) is 0 Å². The standard InChI is InChI=1S/C15H14ClN5O/c16-14-13(9-17)15(19-10-18-14)20-11-1-3-12(4-2-11)21-5-7-22-8-6-21/h1-4,10H,5-8H2,(H,18,19,20). The smallest absolute Gasteiger partial charge is 0.153 e. The zero-order chi connectivity index (χ0) is 15.4. The fourth-order valence-electron chi connectivity index (χ4n) is 2.27. The van der Waals surface area contributed by atoms with Crippen molar-refractivity contribution in [2.75, 3.05) is 36.5 Å². The van der Waals surface area contributed by atoms with Gasteiger partial charge in [0.25, 0.3) is 0 Å². The van der Waals surface area contributed by atoms with E-state index in [1.165, 1.54) is 6.33 Å². The van der Waals surface area contributed by atoms with E-state index in [1.54, 1.807) is 0 Å². The van der Waals surface area contributed by atoms with Crippen molar-refractivity contribution >= 4 is 28.8 Å². The van der Waals surface area contributed by atoms with Crippen LogP contribution < -0.4 is 10.2 Å². The molecule has 0 amide bonds. The Morgan fingerprint density at radius 2 is 1.91 bits per heavy atom. The van der Waals surface area contributed by atoms with Gasteiger partial charge in [0.05, 0.1) is 13.2 Å². The molecule has 22 heavy (non-hydrogen) atoms. The maximum Gasteiger partial charge on any atom is 0.153 e. The van der Waals surface area contributed by atoms with Gasteiger partial charge in [0.2, 0.25) is 0 Å². The highest BCUT2D eigenvalue weighted by atomic mass is 35.5. The second kappa shape index (κ2) is 6.60. The summed E-state index contributed by atoms with van der Waals surface area (Å²) in [6.07, 6.45) is 1.33. The number of benzene rings is 1. The largest absolute Gasteiger partial charge is 0.378 e. The van der Waals surface area contributed by atoms with Gasteiger partial charge in [0.1, 0.15) is 18.0 Å². The molecule has 1 fully saturated rings. The molecule has 0 saturated carbocycles. The number of halogens is 1. The lowest BCUT2D eigenvalue weighted by molar-refractivity contribution is 0.122. The molecule has 6 nitrogen and oxygen atoms in total. The van der Waals surface area contributed by atoms with Crippen molar-refractivity contribution < 1.29 is 4.74 Å². The molecule has 0 atom stereocenters. The first-order valence-corrected chi connectivity index (χ1v) is 7.26. The molecule has 112 valence electrons. The molecule has 2 aromatic rings. The average molecular weight is 316 g/mol. The molecule has 1 aromatic carbocycles. The Balaban J connectivity index is 1.77. The third-order valence-electron chi connectivity index (χ3n) is 3.42. The summed E-state index contributed by atoms with van der Waals surface area (Å²) in [6.45, 7) is 3.30. The van der Waals surface area contributed by atoms with Gasteiger partial charge in [-0.2, -0.15) is 5.26 Å². The van der Waals surface area contributed by atoms with Crippen molar-refractivity contribution in [3.05, 3.63) is 41.3 Å². The molecule has 7 heteroatoms. The molecule has 1 saturated heterocycles.